The minimum atomic E-state index is -0.0636. The fraction of sp³-hybridized carbons (Fsp3) is 1.00. The molecule has 2 atom stereocenters. The molecule has 1 saturated carbocycles. The van der Waals surface area contributed by atoms with Crippen molar-refractivity contribution in [3.8, 4) is 0 Å². The predicted octanol–water partition coefficient (Wildman–Crippen LogP) is 2.78. The fourth-order valence-electron chi connectivity index (χ4n) is 4.00. The maximum absolute atomic E-state index is 10.1. The first kappa shape index (κ1) is 16.3. The number of likely N-dealkylation sites (tertiary alicyclic amines) is 1. The largest absolute Gasteiger partial charge is 0.394 e. The summed E-state index contributed by atoms with van der Waals surface area (Å²) in [5.74, 6) is 0.677. The summed E-state index contributed by atoms with van der Waals surface area (Å²) >= 11 is 0. The summed E-state index contributed by atoms with van der Waals surface area (Å²) < 4.78 is 0. The normalized spacial score (nSPS) is 28.4. The Bertz CT molecular complexity index is 291. The smallest absolute Gasteiger partial charge is 0.0628 e. The van der Waals surface area contributed by atoms with Gasteiger partial charge in [-0.15, -0.1) is 0 Å². The molecule has 3 nitrogen and oxygen atoms in total. The number of hydrogen-bond acceptors (Lipinski definition) is 3. The van der Waals surface area contributed by atoms with Crippen molar-refractivity contribution in [1.29, 1.82) is 0 Å². The first-order valence-corrected chi connectivity index (χ1v) is 8.74. The molecule has 3 heteroatoms. The second kappa shape index (κ2) is 7.24. The molecule has 1 aliphatic heterocycles. The second-order valence-electron chi connectivity index (χ2n) is 7.27. The Morgan fingerprint density at radius 3 is 2.50 bits per heavy atom. The highest BCUT2D eigenvalue weighted by atomic mass is 16.3. The van der Waals surface area contributed by atoms with Crippen molar-refractivity contribution >= 4 is 0 Å². The van der Waals surface area contributed by atoms with Crippen LogP contribution in [0.25, 0.3) is 0 Å². The Morgan fingerprint density at radius 1 is 1.20 bits per heavy atom. The number of aliphatic hydroxyl groups excluding tert-OH is 1. The van der Waals surface area contributed by atoms with Crippen LogP contribution in [0, 0.1) is 5.92 Å². The molecule has 0 aromatic rings. The van der Waals surface area contributed by atoms with Gasteiger partial charge in [-0.3, -0.25) is 4.90 Å². The number of hydrogen-bond donors (Lipinski definition) is 2. The minimum absolute atomic E-state index is 0.0636. The van der Waals surface area contributed by atoms with Gasteiger partial charge in [-0.25, -0.2) is 0 Å². The van der Waals surface area contributed by atoms with Gasteiger partial charge >= 0.3 is 0 Å². The van der Waals surface area contributed by atoms with E-state index in [0.29, 0.717) is 12.0 Å². The molecule has 2 N–H and O–H groups in total. The van der Waals surface area contributed by atoms with Gasteiger partial charge < -0.3 is 10.4 Å². The van der Waals surface area contributed by atoms with Gasteiger partial charge in [0, 0.05) is 18.6 Å². The van der Waals surface area contributed by atoms with E-state index in [9.17, 15) is 5.11 Å². The van der Waals surface area contributed by atoms with Crippen molar-refractivity contribution in [2.45, 2.75) is 83.3 Å². The lowest BCUT2D eigenvalue weighted by Gasteiger charge is -2.42. The van der Waals surface area contributed by atoms with Crippen LogP contribution in [-0.4, -0.2) is 47.3 Å². The lowest BCUT2D eigenvalue weighted by Crippen LogP contribution is -2.61. The third-order valence-electron chi connectivity index (χ3n) is 5.17. The van der Waals surface area contributed by atoms with Crippen LogP contribution in [0.3, 0.4) is 0 Å². The van der Waals surface area contributed by atoms with Gasteiger partial charge in [0.1, 0.15) is 0 Å². The zero-order chi connectivity index (χ0) is 14.6. The summed E-state index contributed by atoms with van der Waals surface area (Å²) in [4.78, 5) is 2.68. The zero-order valence-electron chi connectivity index (χ0n) is 13.7. The van der Waals surface area contributed by atoms with Crippen molar-refractivity contribution in [2.24, 2.45) is 5.92 Å². The van der Waals surface area contributed by atoms with Crippen molar-refractivity contribution in [3.63, 3.8) is 0 Å². The van der Waals surface area contributed by atoms with E-state index >= 15 is 0 Å². The molecule has 118 valence electrons. The van der Waals surface area contributed by atoms with E-state index in [1.54, 1.807) is 0 Å². The molecule has 2 aliphatic rings. The predicted molar refractivity (Wildman–Crippen MR) is 84.9 cm³/mol. The molecule has 20 heavy (non-hydrogen) atoms. The highest BCUT2D eigenvalue weighted by Gasteiger charge is 2.46. The molecule has 1 saturated heterocycles. The number of nitrogens with zero attached hydrogens (tertiary/aromatic N) is 1. The van der Waals surface area contributed by atoms with Crippen LogP contribution >= 0.6 is 0 Å². The molecule has 0 amide bonds. The average molecular weight is 282 g/mol. The van der Waals surface area contributed by atoms with Crippen LogP contribution in [0.1, 0.15) is 65.7 Å². The Morgan fingerprint density at radius 2 is 1.95 bits per heavy atom. The molecule has 2 fully saturated rings. The maximum atomic E-state index is 10.1. The van der Waals surface area contributed by atoms with Crippen LogP contribution in [-0.2, 0) is 0 Å². The fourth-order valence-corrected chi connectivity index (χ4v) is 4.00. The molecule has 0 aromatic carbocycles. The molecule has 2 rings (SSSR count). The molecule has 0 aromatic heterocycles. The molecule has 0 bridgehead atoms. The standard InChI is InChI=1S/C17H34N2O/c1-4-16-8-6-5-7-11-19(16)12-17(13-20,15-9-10-15)18-14(2)3/h14-16,18,20H,4-13H2,1-3H3. The van der Waals surface area contributed by atoms with E-state index in [2.05, 4.69) is 31.0 Å². The van der Waals surface area contributed by atoms with Gasteiger partial charge in [0.05, 0.1) is 12.1 Å². The Hall–Kier alpha value is -0.120. The van der Waals surface area contributed by atoms with Crippen LogP contribution in [0.2, 0.25) is 0 Å². The SMILES string of the molecule is CCC1CCCCCN1CC(CO)(NC(C)C)C1CC1. The van der Waals surface area contributed by atoms with Crippen LogP contribution in [0.5, 0.6) is 0 Å². The third-order valence-corrected chi connectivity index (χ3v) is 5.17. The van der Waals surface area contributed by atoms with Gasteiger partial charge in [0.2, 0.25) is 0 Å². The Balaban J connectivity index is 2.08. The molecular weight excluding hydrogens is 248 g/mol. The van der Waals surface area contributed by atoms with E-state index in [-0.39, 0.29) is 12.1 Å². The summed E-state index contributed by atoms with van der Waals surface area (Å²) in [5, 5.41) is 13.8. The van der Waals surface area contributed by atoms with Crippen molar-refractivity contribution < 1.29 is 5.11 Å². The lowest BCUT2D eigenvalue weighted by molar-refractivity contribution is 0.0638. The van der Waals surface area contributed by atoms with E-state index in [0.717, 1.165) is 12.6 Å². The van der Waals surface area contributed by atoms with Gasteiger partial charge in [0.15, 0.2) is 0 Å². The molecule has 0 radical (unpaired) electrons. The van der Waals surface area contributed by atoms with Gasteiger partial charge in [-0.1, -0.05) is 33.6 Å². The Labute approximate surface area is 125 Å². The van der Waals surface area contributed by atoms with Crippen molar-refractivity contribution in [2.75, 3.05) is 19.7 Å². The average Bonchev–Trinajstić information content (AvgIpc) is 3.25. The summed E-state index contributed by atoms with van der Waals surface area (Å²) in [5.41, 5.74) is -0.0636. The highest BCUT2D eigenvalue weighted by molar-refractivity contribution is 5.04. The van der Waals surface area contributed by atoms with Gasteiger partial charge in [-0.2, -0.15) is 0 Å². The lowest BCUT2D eigenvalue weighted by atomic mass is 9.91. The van der Waals surface area contributed by atoms with Gasteiger partial charge in [-0.05, 0) is 44.6 Å². The zero-order valence-corrected chi connectivity index (χ0v) is 13.7. The summed E-state index contributed by atoms with van der Waals surface area (Å²) in [6, 6.07) is 1.16. The number of rotatable bonds is 7. The van der Waals surface area contributed by atoms with Crippen LogP contribution in [0.15, 0.2) is 0 Å². The summed E-state index contributed by atoms with van der Waals surface area (Å²) in [7, 11) is 0. The van der Waals surface area contributed by atoms with E-state index in [1.165, 1.54) is 51.5 Å². The van der Waals surface area contributed by atoms with E-state index < -0.39 is 0 Å². The summed E-state index contributed by atoms with van der Waals surface area (Å²) in [6.07, 6.45) is 9.22. The summed E-state index contributed by atoms with van der Waals surface area (Å²) in [6.45, 7) is 9.25. The van der Waals surface area contributed by atoms with Crippen LogP contribution in [0.4, 0.5) is 0 Å². The van der Waals surface area contributed by atoms with E-state index in [1.807, 2.05) is 0 Å². The molecule has 1 heterocycles. The third kappa shape index (κ3) is 3.96. The first-order valence-electron chi connectivity index (χ1n) is 8.74. The van der Waals surface area contributed by atoms with Gasteiger partial charge in [0.25, 0.3) is 0 Å². The second-order valence-corrected chi connectivity index (χ2v) is 7.27. The topological polar surface area (TPSA) is 35.5 Å². The van der Waals surface area contributed by atoms with Crippen molar-refractivity contribution in [3.05, 3.63) is 0 Å². The van der Waals surface area contributed by atoms with E-state index in [4.69, 9.17) is 0 Å². The Kier molecular flexibility index (Phi) is 5.88. The molecule has 1 aliphatic carbocycles. The van der Waals surface area contributed by atoms with Crippen LogP contribution < -0.4 is 5.32 Å². The quantitative estimate of drug-likeness (QED) is 0.754. The number of aliphatic hydroxyl groups is 1. The first-order chi connectivity index (χ1) is 9.61. The van der Waals surface area contributed by atoms with Crippen molar-refractivity contribution in [1.82, 2.24) is 10.2 Å². The maximum Gasteiger partial charge on any atom is 0.0628 e. The monoisotopic (exact) mass is 282 g/mol. The number of nitrogens with one attached hydrogen (secondary N) is 1. The molecule has 0 spiro atoms. The minimum Gasteiger partial charge on any atom is -0.394 e. The molecule has 2 unspecified atom stereocenters. The molecular formula is C17H34N2O. The highest BCUT2D eigenvalue weighted by Crippen LogP contribution is 2.41.